The molecule has 0 saturated carbocycles. The van der Waals surface area contributed by atoms with Gasteiger partial charge in [0.15, 0.2) is 5.13 Å². The summed E-state index contributed by atoms with van der Waals surface area (Å²) in [4.78, 5) is 16.6. The summed E-state index contributed by atoms with van der Waals surface area (Å²) in [5.41, 5.74) is 2.07. The average molecular weight is 305 g/mol. The molecule has 5 nitrogen and oxygen atoms in total. The molecule has 0 fully saturated rings. The Morgan fingerprint density at radius 1 is 1.48 bits per heavy atom. The molecule has 0 aliphatic heterocycles. The van der Waals surface area contributed by atoms with Gasteiger partial charge in [0, 0.05) is 11.4 Å². The minimum Gasteiger partial charge on any atom is -0.507 e. The Labute approximate surface area is 128 Å². The SMILES string of the molecule is CCNC(C)c1csc(NC(=O)c2cc(C)ccc2O)n1. The predicted octanol–water partition coefficient (Wildman–Crippen LogP) is 3.08. The zero-order valence-electron chi connectivity index (χ0n) is 12.3. The summed E-state index contributed by atoms with van der Waals surface area (Å²) in [5.74, 6) is -0.385. The number of anilines is 1. The highest BCUT2D eigenvalue weighted by Gasteiger charge is 2.14. The van der Waals surface area contributed by atoms with Crippen LogP contribution in [0.4, 0.5) is 5.13 Å². The fourth-order valence-corrected chi connectivity index (χ4v) is 2.75. The van der Waals surface area contributed by atoms with Crippen molar-refractivity contribution in [3.8, 4) is 5.75 Å². The molecule has 1 heterocycles. The highest BCUT2D eigenvalue weighted by molar-refractivity contribution is 7.14. The van der Waals surface area contributed by atoms with E-state index in [1.807, 2.05) is 26.2 Å². The van der Waals surface area contributed by atoms with Gasteiger partial charge in [-0.1, -0.05) is 18.6 Å². The number of hydrogen-bond donors (Lipinski definition) is 3. The summed E-state index contributed by atoms with van der Waals surface area (Å²) in [6.07, 6.45) is 0. The van der Waals surface area contributed by atoms with Gasteiger partial charge in [-0.05, 0) is 32.5 Å². The fourth-order valence-electron chi connectivity index (χ4n) is 1.95. The summed E-state index contributed by atoms with van der Waals surface area (Å²) < 4.78 is 0. The number of rotatable bonds is 5. The highest BCUT2D eigenvalue weighted by Crippen LogP contribution is 2.23. The molecule has 112 valence electrons. The van der Waals surface area contributed by atoms with Crippen LogP contribution in [0.3, 0.4) is 0 Å². The lowest BCUT2D eigenvalue weighted by atomic mass is 10.1. The van der Waals surface area contributed by atoms with Crippen molar-refractivity contribution >= 4 is 22.4 Å². The number of aromatic hydroxyl groups is 1. The third-order valence-electron chi connectivity index (χ3n) is 3.09. The van der Waals surface area contributed by atoms with Crippen LogP contribution in [0.2, 0.25) is 0 Å². The minimum absolute atomic E-state index is 0.0316. The molecular formula is C15H19N3O2S. The van der Waals surface area contributed by atoms with Crippen LogP contribution in [0.15, 0.2) is 23.6 Å². The standard InChI is InChI=1S/C15H19N3O2S/c1-4-16-10(3)12-8-21-15(17-12)18-14(20)11-7-9(2)5-6-13(11)19/h5-8,10,16,19H,4H2,1-3H3,(H,17,18,20). The molecule has 2 aromatic rings. The van der Waals surface area contributed by atoms with E-state index in [0.717, 1.165) is 17.8 Å². The number of aryl methyl sites for hydroxylation is 1. The van der Waals surface area contributed by atoms with E-state index in [4.69, 9.17) is 0 Å². The number of carbonyl (C=O) groups is 1. The zero-order valence-corrected chi connectivity index (χ0v) is 13.1. The van der Waals surface area contributed by atoms with Gasteiger partial charge >= 0.3 is 0 Å². The van der Waals surface area contributed by atoms with Gasteiger partial charge in [0.25, 0.3) is 5.91 Å². The third kappa shape index (κ3) is 3.80. The number of nitrogens with zero attached hydrogens (tertiary/aromatic N) is 1. The molecule has 0 radical (unpaired) electrons. The molecule has 3 N–H and O–H groups in total. The van der Waals surface area contributed by atoms with Gasteiger partial charge in [0.2, 0.25) is 0 Å². The smallest absolute Gasteiger partial charge is 0.261 e. The van der Waals surface area contributed by atoms with E-state index in [-0.39, 0.29) is 23.3 Å². The molecular weight excluding hydrogens is 286 g/mol. The number of phenolic OH excluding ortho intramolecular Hbond substituents is 1. The first-order valence-electron chi connectivity index (χ1n) is 6.81. The number of phenols is 1. The average Bonchev–Trinajstić information content (AvgIpc) is 2.90. The van der Waals surface area contributed by atoms with Gasteiger partial charge in [0.1, 0.15) is 5.75 Å². The van der Waals surface area contributed by atoms with Crippen LogP contribution >= 0.6 is 11.3 Å². The normalized spacial score (nSPS) is 12.1. The van der Waals surface area contributed by atoms with Crippen LogP contribution in [0.25, 0.3) is 0 Å². The van der Waals surface area contributed by atoms with E-state index in [2.05, 4.69) is 15.6 Å². The molecule has 2 rings (SSSR count). The number of thiazole rings is 1. The summed E-state index contributed by atoms with van der Waals surface area (Å²) in [5, 5.41) is 18.2. The fraction of sp³-hybridized carbons (Fsp3) is 0.333. The molecule has 1 aromatic heterocycles. The molecule has 1 aromatic carbocycles. The number of nitrogens with one attached hydrogen (secondary N) is 2. The van der Waals surface area contributed by atoms with Crippen molar-refractivity contribution in [2.45, 2.75) is 26.8 Å². The second-order valence-corrected chi connectivity index (χ2v) is 5.69. The number of carbonyl (C=O) groups excluding carboxylic acids is 1. The molecule has 6 heteroatoms. The minimum atomic E-state index is -0.354. The number of aromatic nitrogens is 1. The van der Waals surface area contributed by atoms with E-state index in [1.165, 1.54) is 17.4 Å². The first kappa shape index (κ1) is 15.5. The van der Waals surface area contributed by atoms with Crippen molar-refractivity contribution < 1.29 is 9.90 Å². The second kappa shape index (κ2) is 6.69. The van der Waals surface area contributed by atoms with Crippen molar-refractivity contribution in [3.63, 3.8) is 0 Å². The van der Waals surface area contributed by atoms with Crippen molar-refractivity contribution in [2.24, 2.45) is 0 Å². The molecule has 21 heavy (non-hydrogen) atoms. The van der Waals surface area contributed by atoms with Crippen molar-refractivity contribution in [1.82, 2.24) is 10.3 Å². The lowest BCUT2D eigenvalue weighted by Crippen LogP contribution is -2.18. The molecule has 1 amide bonds. The third-order valence-corrected chi connectivity index (χ3v) is 3.87. The van der Waals surface area contributed by atoms with Crippen LogP contribution in [0.1, 0.15) is 41.5 Å². The van der Waals surface area contributed by atoms with Gasteiger partial charge < -0.3 is 10.4 Å². The molecule has 0 aliphatic rings. The van der Waals surface area contributed by atoms with E-state index in [0.29, 0.717) is 5.13 Å². The summed E-state index contributed by atoms with van der Waals surface area (Å²) >= 11 is 1.37. The van der Waals surface area contributed by atoms with Gasteiger partial charge in [-0.3, -0.25) is 10.1 Å². The first-order chi connectivity index (χ1) is 10.0. The van der Waals surface area contributed by atoms with Gasteiger partial charge in [-0.2, -0.15) is 0 Å². The Balaban J connectivity index is 2.11. The predicted molar refractivity (Wildman–Crippen MR) is 85.0 cm³/mol. The first-order valence-corrected chi connectivity index (χ1v) is 7.69. The van der Waals surface area contributed by atoms with Crippen LogP contribution in [0.5, 0.6) is 5.75 Å². The molecule has 0 bridgehead atoms. The van der Waals surface area contributed by atoms with Gasteiger partial charge in [-0.25, -0.2) is 4.98 Å². The lowest BCUT2D eigenvalue weighted by molar-refractivity contribution is 0.102. The lowest BCUT2D eigenvalue weighted by Gasteiger charge is -2.08. The van der Waals surface area contributed by atoms with Crippen LogP contribution < -0.4 is 10.6 Å². The van der Waals surface area contributed by atoms with Crippen molar-refractivity contribution in [1.29, 1.82) is 0 Å². The summed E-state index contributed by atoms with van der Waals surface area (Å²) in [7, 11) is 0. The Hall–Kier alpha value is -1.92. The van der Waals surface area contributed by atoms with E-state index < -0.39 is 0 Å². The van der Waals surface area contributed by atoms with E-state index in [1.54, 1.807) is 12.1 Å². The molecule has 0 spiro atoms. The zero-order chi connectivity index (χ0) is 15.4. The number of benzene rings is 1. The molecule has 0 aliphatic carbocycles. The Morgan fingerprint density at radius 3 is 2.95 bits per heavy atom. The van der Waals surface area contributed by atoms with Crippen molar-refractivity contribution in [2.75, 3.05) is 11.9 Å². The maximum atomic E-state index is 12.2. The Bertz CT molecular complexity index is 640. The van der Waals surface area contributed by atoms with E-state index in [9.17, 15) is 9.90 Å². The number of amides is 1. The summed E-state index contributed by atoms with van der Waals surface area (Å²) in [6, 6.07) is 5.07. The van der Waals surface area contributed by atoms with Crippen molar-refractivity contribution in [3.05, 3.63) is 40.4 Å². The quantitative estimate of drug-likeness (QED) is 0.793. The monoisotopic (exact) mass is 305 g/mol. The Morgan fingerprint density at radius 2 is 2.24 bits per heavy atom. The molecule has 0 saturated heterocycles. The largest absolute Gasteiger partial charge is 0.507 e. The maximum Gasteiger partial charge on any atom is 0.261 e. The highest BCUT2D eigenvalue weighted by atomic mass is 32.1. The molecule has 1 atom stereocenters. The van der Waals surface area contributed by atoms with Gasteiger partial charge in [-0.15, -0.1) is 11.3 Å². The second-order valence-electron chi connectivity index (χ2n) is 4.83. The Kier molecular flexibility index (Phi) is 4.93. The summed E-state index contributed by atoms with van der Waals surface area (Å²) in [6.45, 7) is 6.79. The van der Waals surface area contributed by atoms with Crippen LogP contribution in [-0.4, -0.2) is 22.5 Å². The van der Waals surface area contributed by atoms with E-state index >= 15 is 0 Å². The topological polar surface area (TPSA) is 74.2 Å². The van der Waals surface area contributed by atoms with Crippen LogP contribution in [-0.2, 0) is 0 Å². The molecule has 1 unspecified atom stereocenters. The maximum absolute atomic E-state index is 12.2. The number of hydrogen-bond acceptors (Lipinski definition) is 5. The van der Waals surface area contributed by atoms with Gasteiger partial charge in [0.05, 0.1) is 11.3 Å². The van der Waals surface area contributed by atoms with Crippen LogP contribution in [0, 0.1) is 6.92 Å².